The molecule has 0 saturated carbocycles. The van der Waals surface area contributed by atoms with Crippen LogP contribution in [0.4, 0.5) is 0 Å². The lowest BCUT2D eigenvalue weighted by atomic mass is 10.1. The smallest absolute Gasteiger partial charge is 0.244 e. The summed E-state index contributed by atoms with van der Waals surface area (Å²) in [5.74, 6) is 0.619. The van der Waals surface area contributed by atoms with Gasteiger partial charge in [-0.15, -0.1) is 0 Å². The summed E-state index contributed by atoms with van der Waals surface area (Å²) in [5.41, 5.74) is 1.89. The summed E-state index contributed by atoms with van der Waals surface area (Å²) in [4.78, 5) is 11.7. The maximum absolute atomic E-state index is 11.8. The average Bonchev–Trinajstić information content (AvgIpc) is 2.93. The second-order valence-corrected chi connectivity index (χ2v) is 6.51. The van der Waals surface area contributed by atoms with Crippen LogP contribution < -0.4 is 4.74 Å². The lowest BCUT2D eigenvalue weighted by Crippen LogP contribution is -2.11. The third-order valence-electron chi connectivity index (χ3n) is 3.35. The molecule has 0 bridgehead atoms. The Kier molecular flexibility index (Phi) is 5.38. The molecule has 0 spiro atoms. The van der Waals surface area contributed by atoms with Crippen molar-refractivity contribution in [3.63, 3.8) is 0 Å². The van der Waals surface area contributed by atoms with Crippen LogP contribution in [0, 0.1) is 22.7 Å². The molecule has 1 heterocycles. The Hall–Kier alpha value is -2.64. The Morgan fingerprint density at radius 1 is 1.33 bits per heavy atom. The second kappa shape index (κ2) is 7.29. The van der Waals surface area contributed by atoms with E-state index in [2.05, 4.69) is 21.0 Å². The SMILES string of the molecule is CCc1c(Oc2cc(C#N)cc(C#N)c2)c(C(C)Br)nn1C(C)=O. The molecule has 1 aromatic carbocycles. The third kappa shape index (κ3) is 3.47. The number of hydrogen-bond donors (Lipinski definition) is 0. The Labute approximate surface area is 148 Å². The molecule has 1 aromatic heterocycles. The van der Waals surface area contributed by atoms with Crippen molar-refractivity contribution in [3.8, 4) is 23.6 Å². The quantitative estimate of drug-likeness (QED) is 0.737. The van der Waals surface area contributed by atoms with E-state index in [1.165, 1.54) is 17.7 Å². The minimum absolute atomic E-state index is 0.131. The first-order valence-electron chi connectivity index (χ1n) is 7.31. The highest BCUT2D eigenvalue weighted by molar-refractivity contribution is 9.09. The highest BCUT2D eigenvalue weighted by atomic mass is 79.9. The molecule has 0 aliphatic carbocycles. The van der Waals surface area contributed by atoms with Crippen LogP contribution in [0.5, 0.6) is 11.5 Å². The predicted molar refractivity (Wildman–Crippen MR) is 91.2 cm³/mol. The molecule has 0 N–H and O–H groups in total. The zero-order valence-corrected chi connectivity index (χ0v) is 15.1. The number of benzene rings is 1. The van der Waals surface area contributed by atoms with Crippen LogP contribution in [0.3, 0.4) is 0 Å². The van der Waals surface area contributed by atoms with Crippen LogP contribution in [0.2, 0.25) is 0 Å². The molecular weight excluding hydrogens is 372 g/mol. The van der Waals surface area contributed by atoms with Gasteiger partial charge < -0.3 is 4.74 Å². The number of carbonyl (C=O) groups excluding carboxylic acids is 1. The van der Waals surface area contributed by atoms with Crippen molar-refractivity contribution in [2.24, 2.45) is 0 Å². The van der Waals surface area contributed by atoms with Crippen molar-refractivity contribution in [1.82, 2.24) is 9.78 Å². The van der Waals surface area contributed by atoms with Crippen molar-refractivity contribution in [2.75, 3.05) is 0 Å². The first kappa shape index (κ1) is 17.7. The fourth-order valence-electron chi connectivity index (χ4n) is 2.30. The lowest BCUT2D eigenvalue weighted by Gasteiger charge is -2.10. The number of aromatic nitrogens is 2. The number of ether oxygens (including phenoxy) is 1. The number of hydrogen-bond acceptors (Lipinski definition) is 5. The molecule has 0 radical (unpaired) electrons. The Morgan fingerprint density at radius 3 is 2.33 bits per heavy atom. The minimum Gasteiger partial charge on any atom is -0.453 e. The second-order valence-electron chi connectivity index (χ2n) is 5.13. The van der Waals surface area contributed by atoms with E-state index in [1.54, 1.807) is 12.1 Å². The normalized spacial score (nSPS) is 11.4. The highest BCUT2D eigenvalue weighted by Gasteiger charge is 2.23. The summed E-state index contributed by atoms with van der Waals surface area (Å²) in [6.07, 6.45) is 0.546. The molecule has 2 aromatic rings. The molecule has 122 valence electrons. The zero-order chi connectivity index (χ0) is 17.9. The van der Waals surface area contributed by atoms with Gasteiger partial charge in [-0.2, -0.15) is 15.6 Å². The van der Waals surface area contributed by atoms with Gasteiger partial charge in [-0.3, -0.25) is 4.79 Å². The molecular formula is C17H15BrN4O2. The molecule has 24 heavy (non-hydrogen) atoms. The molecule has 6 nitrogen and oxygen atoms in total. The highest BCUT2D eigenvalue weighted by Crippen LogP contribution is 2.37. The van der Waals surface area contributed by atoms with E-state index < -0.39 is 0 Å². The minimum atomic E-state index is -0.209. The van der Waals surface area contributed by atoms with Crippen molar-refractivity contribution in [2.45, 2.75) is 32.0 Å². The van der Waals surface area contributed by atoms with Crippen LogP contribution in [0.15, 0.2) is 18.2 Å². The fraction of sp³-hybridized carbons (Fsp3) is 0.294. The molecule has 1 unspecified atom stereocenters. The van der Waals surface area contributed by atoms with Crippen LogP contribution >= 0.6 is 15.9 Å². The van der Waals surface area contributed by atoms with E-state index >= 15 is 0 Å². The predicted octanol–water partition coefficient (Wildman–Crippen LogP) is 4.10. The number of nitriles is 2. The maximum atomic E-state index is 11.8. The van der Waals surface area contributed by atoms with Crippen LogP contribution in [0.25, 0.3) is 0 Å². The zero-order valence-electron chi connectivity index (χ0n) is 13.5. The van der Waals surface area contributed by atoms with Gasteiger partial charge in [0.2, 0.25) is 5.91 Å². The standard InChI is InChI=1S/C17H15BrN4O2/c1-4-15-17(16(10(2)18)21-22(15)11(3)23)24-14-6-12(8-19)5-13(7-14)9-20/h5-7,10H,4H2,1-3H3. The Bertz CT molecular complexity index is 840. The van der Waals surface area contributed by atoms with E-state index in [0.717, 1.165) is 0 Å². The van der Waals surface area contributed by atoms with Crippen molar-refractivity contribution < 1.29 is 9.53 Å². The third-order valence-corrected chi connectivity index (χ3v) is 3.79. The van der Waals surface area contributed by atoms with Gasteiger partial charge in [0.15, 0.2) is 5.75 Å². The van der Waals surface area contributed by atoms with Gasteiger partial charge in [0.1, 0.15) is 11.4 Å². The van der Waals surface area contributed by atoms with Crippen molar-refractivity contribution in [3.05, 3.63) is 40.7 Å². The summed E-state index contributed by atoms with van der Waals surface area (Å²) in [6.45, 7) is 5.21. The van der Waals surface area contributed by atoms with E-state index in [4.69, 9.17) is 15.3 Å². The Morgan fingerprint density at radius 2 is 1.92 bits per heavy atom. The molecule has 2 rings (SSSR count). The van der Waals surface area contributed by atoms with Gasteiger partial charge in [-0.05, 0) is 31.5 Å². The van der Waals surface area contributed by atoms with Crippen molar-refractivity contribution >= 4 is 21.8 Å². The topological polar surface area (TPSA) is 91.7 Å². The van der Waals surface area contributed by atoms with Gasteiger partial charge in [0.25, 0.3) is 0 Å². The molecule has 1 atom stereocenters. The van der Waals surface area contributed by atoms with Crippen LogP contribution in [-0.4, -0.2) is 15.7 Å². The van der Waals surface area contributed by atoms with E-state index in [-0.39, 0.29) is 10.7 Å². The van der Waals surface area contributed by atoms with Crippen molar-refractivity contribution in [1.29, 1.82) is 10.5 Å². The summed E-state index contributed by atoms with van der Waals surface area (Å²) >= 11 is 3.46. The number of alkyl halides is 1. The summed E-state index contributed by atoms with van der Waals surface area (Å²) in [5, 5.41) is 22.5. The average molecular weight is 387 g/mol. The number of halogens is 1. The van der Waals surface area contributed by atoms with Gasteiger partial charge in [0, 0.05) is 6.92 Å². The summed E-state index contributed by atoms with van der Waals surface area (Å²) < 4.78 is 7.26. The van der Waals surface area contributed by atoms with E-state index in [1.807, 2.05) is 26.0 Å². The molecule has 0 amide bonds. The number of nitrogens with zero attached hydrogens (tertiary/aromatic N) is 4. The van der Waals surface area contributed by atoms with Gasteiger partial charge >= 0.3 is 0 Å². The first-order chi connectivity index (χ1) is 11.4. The monoisotopic (exact) mass is 386 g/mol. The van der Waals surface area contributed by atoms with Crippen LogP contribution in [0.1, 0.15) is 52.9 Å². The van der Waals surface area contributed by atoms with Gasteiger partial charge in [-0.1, -0.05) is 22.9 Å². The van der Waals surface area contributed by atoms with E-state index in [0.29, 0.717) is 40.4 Å². The number of rotatable bonds is 4. The fourth-order valence-corrected chi connectivity index (χ4v) is 2.60. The van der Waals surface area contributed by atoms with Gasteiger partial charge in [0.05, 0.1) is 33.8 Å². The Balaban J connectivity index is 2.59. The molecule has 7 heteroatoms. The van der Waals surface area contributed by atoms with Crippen LogP contribution in [-0.2, 0) is 6.42 Å². The molecule has 0 aliphatic heterocycles. The first-order valence-corrected chi connectivity index (χ1v) is 8.22. The number of carbonyl (C=O) groups is 1. The molecule has 0 aliphatic rings. The van der Waals surface area contributed by atoms with E-state index in [9.17, 15) is 4.79 Å². The largest absolute Gasteiger partial charge is 0.453 e. The molecule has 0 saturated heterocycles. The summed E-state index contributed by atoms with van der Waals surface area (Å²) in [7, 11) is 0. The maximum Gasteiger partial charge on any atom is 0.244 e. The van der Waals surface area contributed by atoms with Gasteiger partial charge in [-0.25, -0.2) is 4.68 Å². The summed E-state index contributed by atoms with van der Waals surface area (Å²) in [6, 6.07) is 8.59. The lowest BCUT2D eigenvalue weighted by molar-refractivity contribution is 0.0917. The molecule has 0 fully saturated rings.